The zero-order chi connectivity index (χ0) is 17.9. The normalized spacial score (nSPS) is 25.1. The second-order valence-electron chi connectivity index (χ2n) is 6.33. The molecule has 8 heteroatoms. The van der Waals surface area contributed by atoms with Gasteiger partial charge in [-0.3, -0.25) is 9.59 Å². The number of carbonyl (C=O) groups excluding carboxylic acids is 2. The Labute approximate surface area is 151 Å². The highest BCUT2D eigenvalue weighted by Crippen LogP contribution is 2.47. The van der Waals surface area contributed by atoms with Crippen LogP contribution in [0.5, 0.6) is 5.88 Å². The molecule has 1 aromatic rings. The monoisotopic (exact) mass is 365 g/mol. The SMILES string of the molecule is COCCOc1ccc(CNC(=O)[C@@H]2CS[C@]3(C)CCC(=O)N23)cn1. The minimum Gasteiger partial charge on any atom is -0.475 e. The highest BCUT2D eigenvalue weighted by molar-refractivity contribution is 8.01. The van der Waals surface area contributed by atoms with E-state index in [-0.39, 0.29) is 22.7 Å². The summed E-state index contributed by atoms with van der Waals surface area (Å²) in [6, 6.07) is 3.25. The minimum atomic E-state index is -0.380. The molecule has 2 aliphatic rings. The van der Waals surface area contributed by atoms with Crippen molar-refractivity contribution >= 4 is 23.6 Å². The van der Waals surface area contributed by atoms with Crippen LogP contribution in [0.2, 0.25) is 0 Å². The van der Waals surface area contributed by atoms with Crippen molar-refractivity contribution in [3.8, 4) is 5.88 Å². The quantitative estimate of drug-likeness (QED) is 0.731. The van der Waals surface area contributed by atoms with Gasteiger partial charge in [-0.1, -0.05) is 6.07 Å². The number of hydrogen-bond acceptors (Lipinski definition) is 6. The van der Waals surface area contributed by atoms with Gasteiger partial charge in [0.1, 0.15) is 12.6 Å². The molecule has 0 unspecified atom stereocenters. The van der Waals surface area contributed by atoms with Gasteiger partial charge >= 0.3 is 0 Å². The van der Waals surface area contributed by atoms with Gasteiger partial charge in [0.05, 0.1) is 11.5 Å². The van der Waals surface area contributed by atoms with E-state index in [0.29, 0.717) is 37.8 Å². The number of aromatic nitrogens is 1. The number of fused-ring (bicyclic) bond motifs is 1. The average molecular weight is 365 g/mol. The first kappa shape index (κ1) is 18.0. The van der Waals surface area contributed by atoms with Crippen molar-refractivity contribution in [3.05, 3.63) is 23.9 Å². The lowest BCUT2D eigenvalue weighted by molar-refractivity contribution is -0.138. The van der Waals surface area contributed by atoms with Gasteiger partial charge < -0.3 is 19.7 Å². The summed E-state index contributed by atoms with van der Waals surface area (Å²) in [5.41, 5.74) is 0.883. The lowest BCUT2D eigenvalue weighted by atomic mass is 10.2. The fourth-order valence-electron chi connectivity index (χ4n) is 3.15. The van der Waals surface area contributed by atoms with Crippen LogP contribution in [0.15, 0.2) is 18.3 Å². The van der Waals surface area contributed by atoms with E-state index in [1.165, 1.54) is 0 Å². The lowest BCUT2D eigenvalue weighted by Crippen LogP contribution is -2.49. The third-order valence-corrected chi connectivity index (χ3v) is 6.05. The molecule has 2 saturated heterocycles. The minimum absolute atomic E-state index is 0.0758. The van der Waals surface area contributed by atoms with Crippen molar-refractivity contribution in [1.82, 2.24) is 15.2 Å². The van der Waals surface area contributed by atoms with Gasteiger partial charge in [-0.15, -0.1) is 11.8 Å². The van der Waals surface area contributed by atoms with E-state index in [1.54, 1.807) is 36.0 Å². The van der Waals surface area contributed by atoms with Gasteiger partial charge in [0.15, 0.2) is 0 Å². The first-order valence-corrected chi connectivity index (χ1v) is 9.32. The van der Waals surface area contributed by atoms with Crippen LogP contribution in [0.1, 0.15) is 25.3 Å². The summed E-state index contributed by atoms with van der Waals surface area (Å²) in [5, 5.41) is 2.92. The number of amides is 2. The summed E-state index contributed by atoms with van der Waals surface area (Å²) in [4.78, 5) is 30.4. The highest BCUT2D eigenvalue weighted by Gasteiger charge is 2.52. The molecule has 136 valence electrons. The maximum atomic E-state index is 12.5. The number of carbonyl (C=O) groups is 2. The molecule has 2 atom stereocenters. The number of methoxy groups -OCH3 is 1. The van der Waals surface area contributed by atoms with E-state index in [2.05, 4.69) is 10.3 Å². The fraction of sp³-hybridized carbons (Fsp3) is 0.588. The molecule has 0 spiro atoms. The second-order valence-corrected chi connectivity index (χ2v) is 7.83. The Morgan fingerprint density at radius 3 is 3.04 bits per heavy atom. The molecule has 2 aliphatic heterocycles. The highest BCUT2D eigenvalue weighted by atomic mass is 32.2. The Morgan fingerprint density at radius 2 is 2.32 bits per heavy atom. The average Bonchev–Trinajstić information content (AvgIpc) is 3.10. The molecule has 25 heavy (non-hydrogen) atoms. The predicted molar refractivity (Wildman–Crippen MR) is 94.2 cm³/mol. The maximum absolute atomic E-state index is 12.5. The number of thioether (sulfide) groups is 1. The Morgan fingerprint density at radius 1 is 1.48 bits per heavy atom. The van der Waals surface area contributed by atoms with E-state index in [0.717, 1.165) is 12.0 Å². The summed E-state index contributed by atoms with van der Waals surface area (Å²) in [5.74, 6) is 1.15. The molecule has 1 aromatic heterocycles. The van der Waals surface area contributed by atoms with Crippen LogP contribution >= 0.6 is 11.8 Å². The smallest absolute Gasteiger partial charge is 0.243 e. The van der Waals surface area contributed by atoms with Crippen LogP contribution in [0.3, 0.4) is 0 Å². The summed E-state index contributed by atoms with van der Waals surface area (Å²) in [6.07, 6.45) is 3.02. The van der Waals surface area contributed by atoms with Crippen LogP contribution < -0.4 is 10.1 Å². The Bertz CT molecular complexity index is 639. The third-order valence-electron chi connectivity index (χ3n) is 4.55. The molecule has 0 saturated carbocycles. The Kier molecular flexibility index (Phi) is 5.48. The molecule has 3 rings (SSSR count). The van der Waals surface area contributed by atoms with Crippen molar-refractivity contribution in [3.63, 3.8) is 0 Å². The molecule has 2 amide bonds. The van der Waals surface area contributed by atoms with Crippen LogP contribution in [0.25, 0.3) is 0 Å². The van der Waals surface area contributed by atoms with Crippen molar-refractivity contribution in [2.24, 2.45) is 0 Å². The van der Waals surface area contributed by atoms with E-state index in [4.69, 9.17) is 9.47 Å². The number of hydrogen-bond donors (Lipinski definition) is 1. The van der Waals surface area contributed by atoms with Crippen LogP contribution in [-0.2, 0) is 20.9 Å². The van der Waals surface area contributed by atoms with Crippen LogP contribution in [-0.4, -0.2) is 58.7 Å². The number of ether oxygens (including phenoxy) is 2. The summed E-state index contributed by atoms with van der Waals surface area (Å²) in [7, 11) is 1.61. The largest absolute Gasteiger partial charge is 0.475 e. The summed E-state index contributed by atoms with van der Waals surface area (Å²) in [6.45, 7) is 3.38. The first-order chi connectivity index (χ1) is 12.0. The molecule has 0 aromatic carbocycles. The molecule has 0 aliphatic carbocycles. The standard InChI is InChI=1S/C17H23N3O4S/c1-17-6-5-15(21)20(17)13(11-25-17)16(22)19-10-12-3-4-14(18-9-12)24-8-7-23-2/h3-4,9,13H,5-8,10-11H2,1-2H3,(H,19,22)/t13-,17+/m0/s1. The maximum Gasteiger partial charge on any atom is 0.243 e. The molecule has 7 nitrogen and oxygen atoms in total. The molecule has 1 N–H and O–H groups in total. The molecule has 2 fully saturated rings. The topological polar surface area (TPSA) is 80.8 Å². The lowest BCUT2D eigenvalue weighted by Gasteiger charge is -2.29. The van der Waals surface area contributed by atoms with Crippen LogP contribution in [0.4, 0.5) is 0 Å². The van der Waals surface area contributed by atoms with Gasteiger partial charge in [0.2, 0.25) is 17.7 Å². The number of nitrogens with one attached hydrogen (secondary N) is 1. The van der Waals surface area contributed by atoms with Crippen molar-refractivity contribution in [2.75, 3.05) is 26.1 Å². The van der Waals surface area contributed by atoms with Gasteiger partial charge in [-0.2, -0.15) is 0 Å². The number of rotatable bonds is 7. The molecule has 0 bridgehead atoms. The molecule has 3 heterocycles. The van der Waals surface area contributed by atoms with Crippen molar-refractivity contribution in [1.29, 1.82) is 0 Å². The summed E-state index contributed by atoms with van der Waals surface area (Å²) >= 11 is 1.69. The van der Waals surface area contributed by atoms with Crippen molar-refractivity contribution < 1.29 is 19.1 Å². The zero-order valence-corrected chi connectivity index (χ0v) is 15.3. The number of nitrogens with zero attached hydrogens (tertiary/aromatic N) is 2. The Hall–Kier alpha value is -1.80. The van der Waals surface area contributed by atoms with Gasteiger partial charge in [-0.05, 0) is 18.9 Å². The van der Waals surface area contributed by atoms with Gasteiger partial charge in [0.25, 0.3) is 0 Å². The van der Waals surface area contributed by atoms with E-state index in [9.17, 15) is 9.59 Å². The van der Waals surface area contributed by atoms with Gasteiger partial charge in [-0.25, -0.2) is 4.98 Å². The van der Waals surface area contributed by atoms with E-state index >= 15 is 0 Å². The van der Waals surface area contributed by atoms with E-state index in [1.807, 2.05) is 13.0 Å². The molecule has 0 radical (unpaired) electrons. The first-order valence-electron chi connectivity index (χ1n) is 8.34. The Balaban J connectivity index is 1.52. The molecular weight excluding hydrogens is 342 g/mol. The zero-order valence-electron chi connectivity index (χ0n) is 14.5. The van der Waals surface area contributed by atoms with E-state index < -0.39 is 0 Å². The third kappa shape index (κ3) is 3.90. The number of pyridine rings is 1. The second kappa shape index (κ2) is 7.61. The fourth-order valence-corrected chi connectivity index (χ4v) is 4.58. The van der Waals surface area contributed by atoms with Crippen LogP contribution in [0, 0.1) is 0 Å². The predicted octanol–water partition coefficient (Wildman–Crippen LogP) is 1.18. The van der Waals surface area contributed by atoms with Crippen molar-refractivity contribution in [2.45, 2.75) is 37.2 Å². The van der Waals surface area contributed by atoms with Gasteiger partial charge in [0, 0.05) is 38.1 Å². The summed E-state index contributed by atoms with van der Waals surface area (Å²) < 4.78 is 10.3. The molecular formula is C17H23N3O4S.